The monoisotopic (exact) mass is 176 g/mol. The molecule has 2 heterocycles. The molecule has 0 aromatic carbocycles. The van der Waals surface area contributed by atoms with Gasteiger partial charge in [0.2, 0.25) is 0 Å². The van der Waals surface area contributed by atoms with Crippen molar-refractivity contribution in [3.05, 3.63) is 28.1 Å². The second-order valence-electron chi connectivity index (χ2n) is 3.08. The van der Waals surface area contributed by atoms with Gasteiger partial charge in [0.05, 0.1) is 11.9 Å². The second-order valence-corrected chi connectivity index (χ2v) is 3.82. The lowest BCUT2D eigenvalue weighted by Crippen LogP contribution is -1.99. The number of nitrogens with one attached hydrogen (secondary N) is 1. The van der Waals surface area contributed by atoms with Gasteiger partial charge in [-0.1, -0.05) is 0 Å². The van der Waals surface area contributed by atoms with Crippen LogP contribution in [-0.2, 0) is 12.8 Å². The molecule has 60 valence electrons. The molecule has 0 aliphatic heterocycles. The lowest BCUT2D eigenvalue weighted by atomic mass is 9.94. The van der Waals surface area contributed by atoms with Crippen LogP contribution < -0.4 is 0 Å². The molecule has 0 saturated heterocycles. The summed E-state index contributed by atoms with van der Waals surface area (Å²) in [6.45, 7) is 0. The molecular formula is C9H8N2S. The van der Waals surface area contributed by atoms with Crippen LogP contribution in [-0.4, -0.2) is 10.2 Å². The lowest BCUT2D eigenvalue weighted by molar-refractivity contribution is 0.949. The van der Waals surface area contributed by atoms with E-state index in [0.717, 1.165) is 6.42 Å². The summed E-state index contributed by atoms with van der Waals surface area (Å²) in [5.41, 5.74) is 5.42. The molecule has 1 aliphatic rings. The minimum atomic E-state index is 1.13. The molecule has 1 N–H and O–H groups in total. The molecule has 2 nitrogen and oxygen atoms in total. The molecule has 0 atom stereocenters. The molecule has 0 radical (unpaired) electrons. The largest absolute Gasteiger partial charge is 0.278 e. The molecule has 2 aromatic rings. The van der Waals surface area contributed by atoms with E-state index in [9.17, 15) is 0 Å². The van der Waals surface area contributed by atoms with Gasteiger partial charge in [-0.15, -0.1) is 0 Å². The molecule has 2 aromatic heterocycles. The third-order valence-electron chi connectivity index (χ3n) is 2.39. The van der Waals surface area contributed by atoms with E-state index < -0.39 is 0 Å². The van der Waals surface area contributed by atoms with E-state index in [1.807, 2.05) is 6.20 Å². The molecule has 0 unspecified atom stereocenters. The first kappa shape index (κ1) is 6.43. The minimum absolute atomic E-state index is 1.13. The highest BCUT2D eigenvalue weighted by molar-refractivity contribution is 7.08. The second kappa shape index (κ2) is 2.20. The zero-order valence-electron chi connectivity index (χ0n) is 6.50. The summed E-state index contributed by atoms with van der Waals surface area (Å²) < 4.78 is 0. The number of hydrogen-bond donors (Lipinski definition) is 1. The molecule has 3 rings (SSSR count). The fourth-order valence-electron chi connectivity index (χ4n) is 1.74. The SMILES string of the molecule is c1scc2c1CCc1cn[nH]c1-2. The summed E-state index contributed by atoms with van der Waals surface area (Å²) in [5, 5.41) is 11.6. The molecule has 1 aliphatic carbocycles. The van der Waals surface area contributed by atoms with Crippen molar-refractivity contribution in [2.75, 3.05) is 0 Å². The zero-order valence-corrected chi connectivity index (χ0v) is 7.32. The molecule has 12 heavy (non-hydrogen) atoms. The van der Waals surface area contributed by atoms with Gasteiger partial charge in [-0.25, -0.2) is 0 Å². The summed E-state index contributed by atoms with van der Waals surface area (Å²) in [7, 11) is 0. The van der Waals surface area contributed by atoms with Crippen molar-refractivity contribution < 1.29 is 0 Å². The first-order valence-corrected chi connectivity index (χ1v) is 4.97. The molecule has 0 bridgehead atoms. The Bertz CT molecular complexity index is 373. The van der Waals surface area contributed by atoms with E-state index in [1.165, 1.54) is 28.8 Å². The maximum absolute atomic E-state index is 4.06. The van der Waals surface area contributed by atoms with Crippen LogP contribution in [0, 0.1) is 0 Å². The van der Waals surface area contributed by atoms with Gasteiger partial charge in [0, 0.05) is 10.9 Å². The average molecular weight is 176 g/mol. The van der Waals surface area contributed by atoms with Gasteiger partial charge in [-0.05, 0) is 29.3 Å². The van der Waals surface area contributed by atoms with E-state index in [1.54, 1.807) is 11.3 Å². The number of nitrogens with zero attached hydrogens (tertiary/aromatic N) is 1. The van der Waals surface area contributed by atoms with E-state index in [-0.39, 0.29) is 0 Å². The van der Waals surface area contributed by atoms with Gasteiger partial charge in [-0.3, -0.25) is 5.10 Å². The Labute approximate surface area is 74.3 Å². The summed E-state index contributed by atoms with van der Waals surface area (Å²) in [5.74, 6) is 0. The van der Waals surface area contributed by atoms with Gasteiger partial charge < -0.3 is 0 Å². The molecule has 0 amide bonds. The maximum Gasteiger partial charge on any atom is 0.0693 e. The number of hydrogen-bond acceptors (Lipinski definition) is 2. The minimum Gasteiger partial charge on any atom is -0.278 e. The Morgan fingerprint density at radius 1 is 1.25 bits per heavy atom. The highest BCUT2D eigenvalue weighted by atomic mass is 32.1. The van der Waals surface area contributed by atoms with E-state index in [0.29, 0.717) is 0 Å². The van der Waals surface area contributed by atoms with Crippen molar-refractivity contribution in [2.24, 2.45) is 0 Å². The average Bonchev–Trinajstić information content (AvgIpc) is 2.71. The third kappa shape index (κ3) is 0.716. The Morgan fingerprint density at radius 3 is 3.17 bits per heavy atom. The van der Waals surface area contributed by atoms with E-state index >= 15 is 0 Å². The Kier molecular flexibility index (Phi) is 1.18. The predicted molar refractivity (Wildman–Crippen MR) is 49.3 cm³/mol. The first-order chi connectivity index (χ1) is 5.95. The summed E-state index contributed by atoms with van der Waals surface area (Å²) in [6, 6.07) is 0. The Hall–Kier alpha value is -1.09. The van der Waals surface area contributed by atoms with Crippen molar-refractivity contribution >= 4 is 11.3 Å². The van der Waals surface area contributed by atoms with Gasteiger partial charge in [0.1, 0.15) is 0 Å². The fraction of sp³-hybridized carbons (Fsp3) is 0.222. The van der Waals surface area contributed by atoms with E-state index in [2.05, 4.69) is 21.0 Å². The van der Waals surface area contributed by atoms with Crippen molar-refractivity contribution in [1.82, 2.24) is 10.2 Å². The maximum atomic E-state index is 4.06. The fourth-order valence-corrected chi connectivity index (χ4v) is 2.62. The van der Waals surface area contributed by atoms with Gasteiger partial charge in [0.25, 0.3) is 0 Å². The van der Waals surface area contributed by atoms with Gasteiger partial charge in [0.15, 0.2) is 0 Å². The van der Waals surface area contributed by atoms with E-state index in [4.69, 9.17) is 0 Å². The zero-order chi connectivity index (χ0) is 7.97. The molecule has 0 saturated carbocycles. The van der Waals surface area contributed by atoms with Crippen LogP contribution in [0.2, 0.25) is 0 Å². The van der Waals surface area contributed by atoms with Crippen LogP contribution in [0.4, 0.5) is 0 Å². The van der Waals surface area contributed by atoms with Crippen molar-refractivity contribution in [3.8, 4) is 11.3 Å². The number of H-pyrrole nitrogens is 1. The number of thiophene rings is 1. The van der Waals surface area contributed by atoms with Crippen LogP contribution in [0.5, 0.6) is 0 Å². The smallest absolute Gasteiger partial charge is 0.0693 e. The standard InChI is InChI=1S/C9H8N2S/c1-2-7-4-12-5-8(7)9-6(1)3-10-11-9/h3-5H,1-2H2,(H,10,11). The topological polar surface area (TPSA) is 28.7 Å². The molecule has 3 heteroatoms. The van der Waals surface area contributed by atoms with Crippen LogP contribution in [0.15, 0.2) is 17.0 Å². The first-order valence-electron chi connectivity index (χ1n) is 4.03. The lowest BCUT2D eigenvalue weighted by Gasteiger charge is -2.10. The number of aromatic nitrogens is 2. The number of fused-ring (bicyclic) bond motifs is 3. The number of rotatable bonds is 0. The van der Waals surface area contributed by atoms with Crippen molar-refractivity contribution in [3.63, 3.8) is 0 Å². The molecular weight excluding hydrogens is 168 g/mol. The molecule has 0 spiro atoms. The number of aryl methyl sites for hydroxylation is 2. The van der Waals surface area contributed by atoms with Gasteiger partial charge >= 0.3 is 0 Å². The highest BCUT2D eigenvalue weighted by Crippen LogP contribution is 2.33. The van der Waals surface area contributed by atoms with Gasteiger partial charge in [-0.2, -0.15) is 16.4 Å². The normalized spacial score (nSPS) is 14.0. The highest BCUT2D eigenvalue weighted by Gasteiger charge is 2.17. The Morgan fingerprint density at radius 2 is 2.17 bits per heavy atom. The Balaban J connectivity index is 2.32. The van der Waals surface area contributed by atoms with Crippen molar-refractivity contribution in [1.29, 1.82) is 0 Å². The summed E-state index contributed by atoms with van der Waals surface area (Å²) >= 11 is 1.77. The van der Waals surface area contributed by atoms with Crippen LogP contribution in [0.1, 0.15) is 11.1 Å². The quantitative estimate of drug-likeness (QED) is 0.655. The predicted octanol–water partition coefficient (Wildman–Crippen LogP) is 2.24. The summed E-state index contributed by atoms with van der Waals surface area (Å²) in [6.07, 6.45) is 4.25. The summed E-state index contributed by atoms with van der Waals surface area (Å²) in [4.78, 5) is 0. The van der Waals surface area contributed by atoms with Crippen LogP contribution in [0.3, 0.4) is 0 Å². The van der Waals surface area contributed by atoms with Crippen LogP contribution >= 0.6 is 11.3 Å². The van der Waals surface area contributed by atoms with Crippen molar-refractivity contribution in [2.45, 2.75) is 12.8 Å². The number of aromatic amines is 1. The molecule has 0 fully saturated rings. The van der Waals surface area contributed by atoms with Crippen LogP contribution in [0.25, 0.3) is 11.3 Å². The third-order valence-corrected chi connectivity index (χ3v) is 3.19.